The van der Waals surface area contributed by atoms with Gasteiger partial charge in [-0.2, -0.15) is 4.98 Å². The maximum atomic E-state index is 5.44. The van der Waals surface area contributed by atoms with Gasteiger partial charge in [-0.05, 0) is 25.5 Å². The smallest absolute Gasteiger partial charge is 0.227 e. The van der Waals surface area contributed by atoms with Gasteiger partial charge in [-0.1, -0.05) is 6.08 Å². The van der Waals surface area contributed by atoms with Crippen molar-refractivity contribution in [3.8, 4) is 0 Å². The average molecular weight is 330 g/mol. The third kappa shape index (κ3) is 3.53. The molecule has 3 rings (SSSR count). The number of fused-ring (bicyclic) bond motifs is 1. The Kier molecular flexibility index (Phi) is 5.35. The van der Waals surface area contributed by atoms with Crippen molar-refractivity contribution in [1.29, 1.82) is 0 Å². The van der Waals surface area contributed by atoms with Gasteiger partial charge in [-0.3, -0.25) is 0 Å². The number of aromatic nitrogens is 2. The summed E-state index contributed by atoms with van der Waals surface area (Å²) < 4.78 is 10.8. The van der Waals surface area contributed by atoms with Crippen LogP contribution in [-0.4, -0.2) is 57.0 Å². The molecule has 0 spiro atoms. The van der Waals surface area contributed by atoms with Gasteiger partial charge in [0.05, 0.1) is 26.0 Å². The standard InChI is InChI=1S/C18H26N4O2/c1-4-5-14(23-3)6-7-16-15-8-9-21(2)17(15)20-18(19-16)22-10-12-24-13-11-22/h4-6H,7-13H2,1-3H3. The van der Waals surface area contributed by atoms with E-state index in [-0.39, 0.29) is 0 Å². The van der Waals surface area contributed by atoms with Crippen LogP contribution in [0.2, 0.25) is 0 Å². The lowest BCUT2D eigenvalue weighted by Crippen LogP contribution is -2.37. The summed E-state index contributed by atoms with van der Waals surface area (Å²) in [6.07, 6.45) is 7.79. The Morgan fingerprint density at radius 2 is 2.04 bits per heavy atom. The summed E-state index contributed by atoms with van der Waals surface area (Å²) in [5.41, 5.74) is 2.37. The van der Waals surface area contributed by atoms with Crippen molar-refractivity contribution in [1.82, 2.24) is 9.97 Å². The van der Waals surface area contributed by atoms with Crippen molar-refractivity contribution in [2.24, 2.45) is 0 Å². The SMILES string of the molecule is CC=CC(=CCc1nc(N2CCOCC2)nc2c1CCN2C)OC. The first-order chi connectivity index (χ1) is 11.7. The molecule has 3 heterocycles. The van der Waals surface area contributed by atoms with Crippen LogP contribution in [0.4, 0.5) is 11.8 Å². The molecule has 0 aliphatic carbocycles. The van der Waals surface area contributed by atoms with E-state index in [1.165, 1.54) is 5.56 Å². The van der Waals surface area contributed by atoms with Gasteiger partial charge in [0.15, 0.2) is 0 Å². The van der Waals surface area contributed by atoms with Crippen LogP contribution < -0.4 is 9.80 Å². The molecule has 2 aliphatic rings. The minimum atomic E-state index is 0.737. The van der Waals surface area contributed by atoms with Crippen molar-refractivity contribution in [3.05, 3.63) is 35.2 Å². The molecule has 0 N–H and O–H groups in total. The number of allylic oxidation sites excluding steroid dienone is 3. The highest BCUT2D eigenvalue weighted by atomic mass is 16.5. The van der Waals surface area contributed by atoms with E-state index in [1.54, 1.807) is 7.11 Å². The topological polar surface area (TPSA) is 50.7 Å². The third-order valence-corrected chi connectivity index (χ3v) is 4.48. The Bertz CT molecular complexity index is 636. The second-order valence-corrected chi connectivity index (χ2v) is 6.06. The van der Waals surface area contributed by atoms with Crippen molar-refractivity contribution in [2.75, 3.05) is 56.8 Å². The maximum absolute atomic E-state index is 5.44. The first-order valence-corrected chi connectivity index (χ1v) is 8.53. The highest BCUT2D eigenvalue weighted by Gasteiger charge is 2.25. The number of methoxy groups -OCH3 is 1. The lowest BCUT2D eigenvalue weighted by Gasteiger charge is -2.28. The maximum Gasteiger partial charge on any atom is 0.227 e. The molecule has 0 saturated carbocycles. The van der Waals surface area contributed by atoms with E-state index in [2.05, 4.69) is 22.9 Å². The fraction of sp³-hybridized carbons (Fsp3) is 0.556. The van der Waals surface area contributed by atoms with E-state index >= 15 is 0 Å². The van der Waals surface area contributed by atoms with E-state index in [9.17, 15) is 0 Å². The van der Waals surface area contributed by atoms with Crippen LogP contribution in [0, 0.1) is 0 Å². The summed E-state index contributed by atoms with van der Waals surface area (Å²) in [4.78, 5) is 14.1. The molecule has 6 heteroatoms. The van der Waals surface area contributed by atoms with E-state index < -0.39 is 0 Å². The molecule has 6 nitrogen and oxygen atoms in total. The molecule has 0 amide bonds. The first kappa shape index (κ1) is 16.8. The molecule has 1 saturated heterocycles. The molecule has 1 aromatic rings. The predicted molar refractivity (Wildman–Crippen MR) is 95.6 cm³/mol. The van der Waals surface area contributed by atoms with E-state index in [4.69, 9.17) is 19.4 Å². The van der Waals surface area contributed by atoms with Crippen LogP contribution in [0.15, 0.2) is 24.0 Å². The highest BCUT2D eigenvalue weighted by molar-refractivity contribution is 5.57. The van der Waals surface area contributed by atoms with Crippen LogP contribution in [-0.2, 0) is 22.3 Å². The monoisotopic (exact) mass is 330 g/mol. The van der Waals surface area contributed by atoms with Gasteiger partial charge in [0.1, 0.15) is 11.6 Å². The molecular weight excluding hydrogens is 304 g/mol. The van der Waals surface area contributed by atoms with Crippen LogP contribution in [0.25, 0.3) is 0 Å². The minimum Gasteiger partial charge on any atom is -0.497 e. The molecule has 0 aromatic carbocycles. The lowest BCUT2D eigenvalue weighted by atomic mass is 10.1. The summed E-state index contributed by atoms with van der Waals surface area (Å²) in [5, 5.41) is 0. The first-order valence-electron chi connectivity index (χ1n) is 8.53. The summed E-state index contributed by atoms with van der Waals surface area (Å²) in [5.74, 6) is 2.75. The number of ether oxygens (including phenoxy) is 2. The number of rotatable bonds is 5. The Hall–Kier alpha value is -2.08. The summed E-state index contributed by atoms with van der Waals surface area (Å²) in [6.45, 7) is 6.15. The molecule has 0 bridgehead atoms. The van der Waals surface area contributed by atoms with Crippen molar-refractivity contribution < 1.29 is 9.47 Å². The normalized spacial score (nSPS) is 18.4. The number of nitrogens with zero attached hydrogens (tertiary/aromatic N) is 4. The van der Waals surface area contributed by atoms with Gasteiger partial charge in [-0.25, -0.2) is 4.98 Å². The zero-order valence-corrected chi connectivity index (χ0v) is 14.8. The second kappa shape index (κ2) is 7.66. The molecule has 1 fully saturated rings. The zero-order valence-electron chi connectivity index (χ0n) is 14.8. The Labute approximate surface area is 143 Å². The molecule has 0 radical (unpaired) electrons. The summed E-state index contributed by atoms with van der Waals surface area (Å²) in [7, 11) is 3.80. The second-order valence-electron chi connectivity index (χ2n) is 6.06. The van der Waals surface area contributed by atoms with Gasteiger partial charge in [0, 0.05) is 38.7 Å². The third-order valence-electron chi connectivity index (χ3n) is 4.48. The predicted octanol–water partition coefficient (Wildman–Crippen LogP) is 1.95. The molecule has 2 aliphatic heterocycles. The van der Waals surface area contributed by atoms with Crippen molar-refractivity contribution in [2.45, 2.75) is 19.8 Å². The van der Waals surface area contributed by atoms with Crippen molar-refractivity contribution in [3.63, 3.8) is 0 Å². The quantitative estimate of drug-likeness (QED) is 0.608. The highest BCUT2D eigenvalue weighted by Crippen LogP contribution is 2.30. The van der Waals surface area contributed by atoms with Gasteiger partial charge in [0.25, 0.3) is 0 Å². The number of anilines is 2. The largest absolute Gasteiger partial charge is 0.497 e. The van der Waals surface area contributed by atoms with Gasteiger partial charge < -0.3 is 19.3 Å². The Morgan fingerprint density at radius 3 is 2.75 bits per heavy atom. The fourth-order valence-electron chi connectivity index (χ4n) is 3.12. The summed E-state index contributed by atoms with van der Waals surface area (Å²) >= 11 is 0. The zero-order chi connectivity index (χ0) is 16.9. The van der Waals surface area contributed by atoms with Crippen LogP contribution in [0.5, 0.6) is 0 Å². The van der Waals surface area contributed by atoms with E-state index in [0.717, 1.165) is 68.9 Å². The lowest BCUT2D eigenvalue weighted by molar-refractivity contribution is 0.122. The van der Waals surface area contributed by atoms with Crippen molar-refractivity contribution >= 4 is 11.8 Å². The number of hydrogen-bond donors (Lipinski definition) is 0. The van der Waals surface area contributed by atoms with Crippen LogP contribution >= 0.6 is 0 Å². The van der Waals surface area contributed by atoms with Gasteiger partial charge >= 0.3 is 0 Å². The molecule has 1 aromatic heterocycles. The van der Waals surface area contributed by atoms with E-state index in [0.29, 0.717) is 0 Å². The van der Waals surface area contributed by atoms with Gasteiger partial charge in [-0.15, -0.1) is 0 Å². The molecule has 0 atom stereocenters. The number of hydrogen-bond acceptors (Lipinski definition) is 6. The van der Waals surface area contributed by atoms with Gasteiger partial charge in [0.2, 0.25) is 5.95 Å². The fourth-order valence-corrected chi connectivity index (χ4v) is 3.12. The average Bonchev–Trinajstić information content (AvgIpc) is 3.00. The molecular formula is C18H26N4O2. The Balaban J connectivity index is 1.92. The van der Waals surface area contributed by atoms with Crippen LogP contribution in [0.3, 0.4) is 0 Å². The summed E-state index contributed by atoms with van der Waals surface area (Å²) in [6, 6.07) is 0. The number of likely N-dealkylation sites (N-methyl/N-ethyl adjacent to an activating group) is 1. The Morgan fingerprint density at radius 1 is 1.25 bits per heavy atom. The minimum absolute atomic E-state index is 0.737. The molecule has 24 heavy (non-hydrogen) atoms. The van der Waals surface area contributed by atoms with E-state index in [1.807, 2.05) is 19.1 Å². The molecule has 0 unspecified atom stereocenters. The number of morpholine rings is 1. The molecule has 130 valence electrons. The van der Waals surface area contributed by atoms with Crippen LogP contribution in [0.1, 0.15) is 18.2 Å².